The number of rotatable bonds is 6. The smallest absolute Gasteiger partial charge is 0.138 e. The van der Waals surface area contributed by atoms with E-state index in [1.54, 1.807) is 12.1 Å². The lowest BCUT2D eigenvalue weighted by molar-refractivity contribution is 0.489. The van der Waals surface area contributed by atoms with Crippen LogP contribution >= 0.6 is 15.6 Å². The van der Waals surface area contributed by atoms with Crippen molar-refractivity contribution < 1.29 is 13.9 Å². The lowest BCUT2D eigenvalue weighted by Crippen LogP contribution is -2.12. The van der Waals surface area contributed by atoms with Crippen LogP contribution in [-0.4, -0.2) is 0 Å². The van der Waals surface area contributed by atoms with Crippen LogP contribution < -0.4 is 26.0 Å². The standard InChI is InChI=1S/C24H20O3P2/c25-28(19-11-3-1-4-12-19)23-17-9-7-15-21(23)27-22-16-8-10-18-24(22)29(26)20-13-5-2-6-14-20/h1-18,28-29H. The monoisotopic (exact) mass is 418 g/mol. The SMILES string of the molecule is O=[PH](c1ccccc1)c1ccccc1Oc1ccccc1[PH](=O)c1ccccc1. The Kier molecular flexibility index (Phi) is 6.10. The molecule has 4 aromatic rings. The van der Waals surface area contributed by atoms with E-state index in [0.717, 1.165) is 10.6 Å². The van der Waals surface area contributed by atoms with Crippen molar-refractivity contribution in [1.29, 1.82) is 0 Å². The highest BCUT2D eigenvalue weighted by atomic mass is 31.1. The number of hydrogen-bond acceptors (Lipinski definition) is 3. The largest absolute Gasteiger partial charge is 0.456 e. The fourth-order valence-corrected chi connectivity index (χ4v) is 5.92. The van der Waals surface area contributed by atoms with Crippen molar-refractivity contribution in [3.63, 3.8) is 0 Å². The van der Waals surface area contributed by atoms with Gasteiger partial charge in [-0.2, -0.15) is 0 Å². The van der Waals surface area contributed by atoms with Crippen LogP contribution in [0.5, 0.6) is 11.5 Å². The lowest BCUT2D eigenvalue weighted by atomic mass is 10.3. The first-order chi connectivity index (χ1) is 14.2. The van der Waals surface area contributed by atoms with Crippen LogP contribution in [0.4, 0.5) is 0 Å². The Hall–Kier alpha value is -2.86. The highest BCUT2D eigenvalue weighted by molar-refractivity contribution is 7.62. The molecule has 29 heavy (non-hydrogen) atoms. The van der Waals surface area contributed by atoms with E-state index >= 15 is 0 Å². The molecule has 0 saturated carbocycles. The van der Waals surface area contributed by atoms with Crippen molar-refractivity contribution in [2.75, 3.05) is 0 Å². The molecule has 0 heterocycles. The molecule has 0 saturated heterocycles. The predicted molar refractivity (Wildman–Crippen MR) is 122 cm³/mol. The van der Waals surface area contributed by atoms with Gasteiger partial charge in [0.2, 0.25) is 0 Å². The van der Waals surface area contributed by atoms with Gasteiger partial charge in [-0.25, -0.2) is 0 Å². The highest BCUT2D eigenvalue weighted by Gasteiger charge is 2.17. The van der Waals surface area contributed by atoms with E-state index in [0.29, 0.717) is 22.1 Å². The third kappa shape index (κ3) is 4.43. The zero-order valence-electron chi connectivity index (χ0n) is 15.6. The number of ether oxygens (including phenoxy) is 1. The molecule has 0 spiro atoms. The normalized spacial score (nSPS) is 12.8. The molecule has 5 heteroatoms. The van der Waals surface area contributed by atoms with Crippen molar-refractivity contribution in [3.8, 4) is 11.5 Å². The van der Waals surface area contributed by atoms with Crippen LogP contribution in [0.3, 0.4) is 0 Å². The molecule has 0 aliphatic rings. The maximum atomic E-state index is 13.1. The summed E-state index contributed by atoms with van der Waals surface area (Å²) in [5.74, 6) is 1.05. The lowest BCUT2D eigenvalue weighted by Gasteiger charge is -2.14. The second kappa shape index (κ2) is 9.09. The summed E-state index contributed by atoms with van der Waals surface area (Å²) in [6, 6.07) is 33.4. The first-order valence-corrected chi connectivity index (χ1v) is 12.1. The van der Waals surface area contributed by atoms with Gasteiger partial charge in [-0.1, -0.05) is 84.9 Å². The topological polar surface area (TPSA) is 43.4 Å². The first kappa shape index (κ1) is 19.5. The summed E-state index contributed by atoms with van der Waals surface area (Å²) in [5.41, 5.74) is 0. The van der Waals surface area contributed by atoms with Crippen LogP contribution in [-0.2, 0) is 9.13 Å². The van der Waals surface area contributed by atoms with Crippen molar-refractivity contribution >= 4 is 36.8 Å². The number of para-hydroxylation sites is 2. The molecule has 3 nitrogen and oxygen atoms in total. The summed E-state index contributed by atoms with van der Waals surface area (Å²) in [5, 5.41) is 2.86. The summed E-state index contributed by atoms with van der Waals surface area (Å²) in [6.07, 6.45) is 0. The molecular weight excluding hydrogens is 398 g/mol. The summed E-state index contributed by atoms with van der Waals surface area (Å²) >= 11 is 0. The third-order valence-electron chi connectivity index (χ3n) is 4.56. The minimum absolute atomic E-state index is 0.524. The molecule has 0 fully saturated rings. The van der Waals surface area contributed by atoms with Crippen LogP contribution in [0.15, 0.2) is 109 Å². The average Bonchev–Trinajstić information content (AvgIpc) is 2.80. The maximum Gasteiger partial charge on any atom is 0.138 e. The van der Waals surface area contributed by atoms with E-state index in [9.17, 15) is 9.13 Å². The molecule has 4 rings (SSSR count). The van der Waals surface area contributed by atoms with Crippen molar-refractivity contribution in [1.82, 2.24) is 0 Å². The van der Waals surface area contributed by atoms with E-state index < -0.39 is 15.6 Å². The predicted octanol–water partition coefficient (Wildman–Crippen LogP) is 4.50. The van der Waals surface area contributed by atoms with Gasteiger partial charge >= 0.3 is 0 Å². The number of benzene rings is 4. The Labute approximate surface area is 171 Å². The fraction of sp³-hybridized carbons (Fsp3) is 0. The van der Waals surface area contributed by atoms with Gasteiger partial charge in [-0.3, -0.25) is 0 Å². The first-order valence-electron chi connectivity index (χ1n) is 9.29. The molecule has 0 amide bonds. The van der Waals surface area contributed by atoms with Crippen LogP contribution in [0, 0.1) is 0 Å². The molecule has 0 aromatic heterocycles. The van der Waals surface area contributed by atoms with Crippen molar-refractivity contribution in [3.05, 3.63) is 109 Å². The Balaban J connectivity index is 1.70. The summed E-state index contributed by atoms with van der Waals surface area (Å²) in [6.45, 7) is 0. The van der Waals surface area contributed by atoms with Gasteiger partial charge in [-0.05, 0) is 24.3 Å². The van der Waals surface area contributed by atoms with Crippen LogP contribution in [0.2, 0.25) is 0 Å². The molecule has 0 aliphatic heterocycles. The van der Waals surface area contributed by atoms with E-state index in [-0.39, 0.29) is 0 Å². The summed E-state index contributed by atoms with van der Waals surface area (Å²) in [7, 11) is -4.45. The highest BCUT2D eigenvalue weighted by Crippen LogP contribution is 2.31. The van der Waals surface area contributed by atoms with Gasteiger partial charge in [0, 0.05) is 10.6 Å². The maximum absolute atomic E-state index is 13.1. The summed E-state index contributed by atoms with van der Waals surface area (Å²) in [4.78, 5) is 0. The molecule has 2 atom stereocenters. The van der Waals surface area contributed by atoms with Gasteiger partial charge in [-0.15, -0.1) is 0 Å². The second-order valence-electron chi connectivity index (χ2n) is 6.48. The van der Waals surface area contributed by atoms with Gasteiger partial charge < -0.3 is 13.9 Å². The zero-order valence-corrected chi connectivity index (χ0v) is 17.6. The molecule has 0 bridgehead atoms. The zero-order chi connectivity index (χ0) is 20.1. The van der Waals surface area contributed by atoms with E-state index in [2.05, 4.69) is 0 Å². The third-order valence-corrected chi connectivity index (χ3v) is 8.08. The van der Waals surface area contributed by atoms with Crippen LogP contribution in [0.1, 0.15) is 0 Å². The molecule has 0 aliphatic carbocycles. The number of hydrogen-bond donors (Lipinski definition) is 0. The van der Waals surface area contributed by atoms with E-state index in [1.165, 1.54) is 0 Å². The molecule has 144 valence electrons. The Morgan fingerprint density at radius 1 is 0.448 bits per heavy atom. The minimum atomic E-state index is -2.22. The Morgan fingerprint density at radius 3 is 1.21 bits per heavy atom. The summed E-state index contributed by atoms with van der Waals surface area (Å²) < 4.78 is 32.5. The van der Waals surface area contributed by atoms with Crippen molar-refractivity contribution in [2.45, 2.75) is 0 Å². The molecule has 0 radical (unpaired) electrons. The molecule has 4 aromatic carbocycles. The minimum Gasteiger partial charge on any atom is -0.456 e. The molecular formula is C24H20O3P2. The van der Waals surface area contributed by atoms with E-state index in [1.807, 2.05) is 97.1 Å². The van der Waals surface area contributed by atoms with Gasteiger partial charge in [0.15, 0.2) is 0 Å². The van der Waals surface area contributed by atoms with E-state index in [4.69, 9.17) is 4.74 Å². The molecule has 0 N–H and O–H groups in total. The Bertz CT molecular complexity index is 1070. The van der Waals surface area contributed by atoms with Crippen molar-refractivity contribution in [2.24, 2.45) is 0 Å². The fourth-order valence-electron chi connectivity index (χ4n) is 3.09. The van der Waals surface area contributed by atoms with Gasteiger partial charge in [0.05, 0.1) is 10.6 Å². The van der Waals surface area contributed by atoms with Crippen LogP contribution in [0.25, 0.3) is 0 Å². The second-order valence-corrected chi connectivity index (χ2v) is 10.0. The quantitative estimate of drug-likeness (QED) is 0.433. The molecule has 2 unspecified atom stereocenters. The van der Waals surface area contributed by atoms with Gasteiger partial charge in [0.25, 0.3) is 0 Å². The Morgan fingerprint density at radius 2 is 0.793 bits per heavy atom. The van der Waals surface area contributed by atoms with Gasteiger partial charge in [0.1, 0.15) is 27.1 Å². The average molecular weight is 418 g/mol.